The lowest BCUT2D eigenvalue weighted by atomic mass is 9.95. The number of carbonyl (C=O) groups is 1. The predicted octanol–water partition coefficient (Wildman–Crippen LogP) is 4.87. The van der Waals surface area contributed by atoms with Gasteiger partial charge in [0.05, 0.1) is 6.04 Å². The van der Waals surface area contributed by atoms with E-state index in [0.717, 1.165) is 25.8 Å². The van der Waals surface area contributed by atoms with Gasteiger partial charge in [-0.3, -0.25) is 0 Å². The first-order valence-corrected chi connectivity index (χ1v) is 8.77. The molecular weight excluding hydrogens is 282 g/mol. The standard InChI is InChI=1S/C17H25NO2S/c1-17(2,3)20-16(19)18-12-8-7-10-14(18)13-9-5-6-11-15(13)21-4/h5-6,9,11,14H,7-8,10,12H2,1-4H3. The lowest BCUT2D eigenvalue weighted by Gasteiger charge is -2.37. The van der Waals surface area contributed by atoms with Crippen LogP contribution in [0.1, 0.15) is 51.6 Å². The molecular formula is C17H25NO2S. The fourth-order valence-corrected chi connectivity index (χ4v) is 3.39. The van der Waals surface area contributed by atoms with Crippen molar-refractivity contribution in [1.29, 1.82) is 0 Å². The van der Waals surface area contributed by atoms with Crippen molar-refractivity contribution in [3.05, 3.63) is 29.8 Å². The third-order valence-electron chi connectivity index (χ3n) is 3.63. The molecule has 3 nitrogen and oxygen atoms in total. The highest BCUT2D eigenvalue weighted by Gasteiger charge is 2.32. The highest BCUT2D eigenvalue weighted by atomic mass is 32.2. The van der Waals surface area contributed by atoms with Crippen LogP contribution in [0.15, 0.2) is 29.2 Å². The van der Waals surface area contributed by atoms with Crippen LogP contribution in [-0.4, -0.2) is 29.4 Å². The number of amides is 1. The van der Waals surface area contributed by atoms with Crippen molar-refractivity contribution in [2.75, 3.05) is 12.8 Å². The Morgan fingerprint density at radius 2 is 2.00 bits per heavy atom. The first-order valence-electron chi connectivity index (χ1n) is 7.55. The van der Waals surface area contributed by atoms with Crippen LogP contribution < -0.4 is 0 Å². The lowest BCUT2D eigenvalue weighted by molar-refractivity contribution is 0.00922. The summed E-state index contributed by atoms with van der Waals surface area (Å²) in [6, 6.07) is 8.51. The summed E-state index contributed by atoms with van der Waals surface area (Å²) >= 11 is 1.74. The molecule has 1 aliphatic heterocycles. The maximum absolute atomic E-state index is 12.5. The second-order valence-electron chi connectivity index (χ2n) is 6.43. The van der Waals surface area contributed by atoms with E-state index < -0.39 is 5.60 Å². The molecule has 1 aromatic rings. The van der Waals surface area contributed by atoms with Gasteiger partial charge in [-0.1, -0.05) is 18.2 Å². The van der Waals surface area contributed by atoms with Crippen LogP contribution in [0.3, 0.4) is 0 Å². The van der Waals surface area contributed by atoms with E-state index in [1.165, 1.54) is 10.5 Å². The largest absolute Gasteiger partial charge is 0.444 e. The van der Waals surface area contributed by atoms with Crippen molar-refractivity contribution >= 4 is 17.9 Å². The summed E-state index contributed by atoms with van der Waals surface area (Å²) in [6.07, 6.45) is 5.11. The average molecular weight is 307 g/mol. The number of ether oxygens (including phenoxy) is 1. The predicted molar refractivity (Wildman–Crippen MR) is 87.8 cm³/mol. The molecule has 0 N–H and O–H groups in total. The summed E-state index contributed by atoms with van der Waals surface area (Å²) in [6.45, 7) is 6.53. The molecule has 2 rings (SSSR count). The minimum Gasteiger partial charge on any atom is -0.444 e. The normalized spacial score (nSPS) is 19.4. The van der Waals surface area contributed by atoms with E-state index in [2.05, 4.69) is 30.5 Å². The zero-order valence-electron chi connectivity index (χ0n) is 13.4. The Hall–Kier alpha value is -1.16. The number of carbonyl (C=O) groups excluding carboxylic acids is 1. The molecule has 0 aliphatic carbocycles. The van der Waals surface area contributed by atoms with E-state index in [1.807, 2.05) is 25.7 Å². The quantitative estimate of drug-likeness (QED) is 0.730. The van der Waals surface area contributed by atoms with Crippen LogP contribution in [-0.2, 0) is 4.74 Å². The van der Waals surface area contributed by atoms with Gasteiger partial charge in [0.2, 0.25) is 0 Å². The van der Waals surface area contributed by atoms with Gasteiger partial charge < -0.3 is 9.64 Å². The number of thioether (sulfide) groups is 1. The molecule has 0 spiro atoms. The SMILES string of the molecule is CSc1ccccc1C1CCCCN1C(=O)OC(C)(C)C. The van der Waals surface area contributed by atoms with Crippen molar-refractivity contribution < 1.29 is 9.53 Å². The average Bonchev–Trinajstić information content (AvgIpc) is 2.45. The van der Waals surface area contributed by atoms with E-state index >= 15 is 0 Å². The highest BCUT2D eigenvalue weighted by molar-refractivity contribution is 7.98. The molecule has 1 saturated heterocycles. The molecule has 1 aliphatic rings. The minimum absolute atomic E-state index is 0.136. The van der Waals surface area contributed by atoms with Gasteiger partial charge in [0.1, 0.15) is 5.60 Å². The summed E-state index contributed by atoms with van der Waals surface area (Å²) in [5, 5.41) is 0. The Bertz CT molecular complexity index is 496. The number of benzene rings is 1. The Balaban J connectivity index is 2.25. The Morgan fingerprint density at radius 3 is 2.67 bits per heavy atom. The third kappa shape index (κ3) is 4.16. The number of piperidine rings is 1. The summed E-state index contributed by atoms with van der Waals surface area (Å²) in [5.41, 5.74) is 0.800. The molecule has 1 amide bonds. The van der Waals surface area contributed by atoms with Gasteiger partial charge in [-0.05, 0) is 57.9 Å². The van der Waals surface area contributed by atoms with Gasteiger partial charge in [-0.15, -0.1) is 11.8 Å². The van der Waals surface area contributed by atoms with Crippen LogP contribution in [0.4, 0.5) is 4.79 Å². The molecule has 1 unspecified atom stereocenters. The van der Waals surface area contributed by atoms with Crippen molar-refractivity contribution in [2.45, 2.75) is 56.6 Å². The van der Waals surface area contributed by atoms with Gasteiger partial charge in [0.15, 0.2) is 0 Å². The summed E-state index contributed by atoms with van der Waals surface area (Å²) in [4.78, 5) is 15.6. The summed E-state index contributed by atoms with van der Waals surface area (Å²) in [5.74, 6) is 0. The number of hydrogen-bond donors (Lipinski definition) is 0. The van der Waals surface area contributed by atoms with Gasteiger partial charge in [0, 0.05) is 11.4 Å². The Kier molecular flexibility index (Phi) is 5.20. The first kappa shape index (κ1) is 16.2. The molecule has 116 valence electrons. The van der Waals surface area contributed by atoms with Gasteiger partial charge in [-0.2, -0.15) is 0 Å². The molecule has 0 saturated carbocycles. The fourth-order valence-electron chi connectivity index (χ4n) is 2.74. The van der Waals surface area contributed by atoms with Crippen LogP contribution >= 0.6 is 11.8 Å². The zero-order chi connectivity index (χ0) is 15.5. The summed E-state index contributed by atoms with van der Waals surface area (Å²) < 4.78 is 5.58. The van der Waals surface area contributed by atoms with Gasteiger partial charge in [-0.25, -0.2) is 4.79 Å². The van der Waals surface area contributed by atoms with Crippen LogP contribution in [0.25, 0.3) is 0 Å². The maximum atomic E-state index is 12.5. The number of nitrogens with zero attached hydrogens (tertiary/aromatic N) is 1. The van der Waals surface area contributed by atoms with Crippen LogP contribution in [0.5, 0.6) is 0 Å². The molecule has 4 heteroatoms. The number of hydrogen-bond acceptors (Lipinski definition) is 3. The van der Waals surface area contributed by atoms with Crippen LogP contribution in [0, 0.1) is 0 Å². The van der Waals surface area contributed by atoms with Gasteiger partial charge in [0.25, 0.3) is 0 Å². The molecule has 1 atom stereocenters. The minimum atomic E-state index is -0.446. The molecule has 0 radical (unpaired) electrons. The molecule has 1 heterocycles. The van der Waals surface area contributed by atoms with E-state index in [9.17, 15) is 4.79 Å². The fraction of sp³-hybridized carbons (Fsp3) is 0.588. The van der Waals surface area contributed by atoms with Gasteiger partial charge >= 0.3 is 6.09 Å². The monoisotopic (exact) mass is 307 g/mol. The molecule has 1 fully saturated rings. The zero-order valence-corrected chi connectivity index (χ0v) is 14.2. The van der Waals surface area contributed by atoms with E-state index in [0.29, 0.717) is 0 Å². The molecule has 0 aromatic heterocycles. The van der Waals surface area contributed by atoms with E-state index in [4.69, 9.17) is 4.74 Å². The third-order valence-corrected chi connectivity index (χ3v) is 4.44. The lowest BCUT2D eigenvalue weighted by Crippen LogP contribution is -2.42. The van der Waals surface area contributed by atoms with Crippen LogP contribution in [0.2, 0.25) is 0 Å². The smallest absolute Gasteiger partial charge is 0.410 e. The number of rotatable bonds is 2. The molecule has 0 bridgehead atoms. The second kappa shape index (κ2) is 6.73. The Labute approximate surface area is 132 Å². The van der Waals surface area contributed by atoms with Crippen molar-refractivity contribution in [2.24, 2.45) is 0 Å². The van der Waals surface area contributed by atoms with E-state index in [1.54, 1.807) is 11.8 Å². The highest BCUT2D eigenvalue weighted by Crippen LogP contribution is 2.36. The molecule has 1 aromatic carbocycles. The van der Waals surface area contributed by atoms with E-state index in [-0.39, 0.29) is 12.1 Å². The Morgan fingerprint density at radius 1 is 1.29 bits per heavy atom. The summed E-state index contributed by atoms with van der Waals surface area (Å²) in [7, 11) is 0. The maximum Gasteiger partial charge on any atom is 0.410 e. The second-order valence-corrected chi connectivity index (χ2v) is 7.28. The first-order chi connectivity index (χ1) is 9.92. The number of likely N-dealkylation sites (tertiary alicyclic amines) is 1. The molecule has 21 heavy (non-hydrogen) atoms. The topological polar surface area (TPSA) is 29.5 Å². The van der Waals surface area contributed by atoms with Crippen molar-refractivity contribution in [3.8, 4) is 0 Å². The van der Waals surface area contributed by atoms with Crippen molar-refractivity contribution in [1.82, 2.24) is 4.90 Å². The van der Waals surface area contributed by atoms with Crippen molar-refractivity contribution in [3.63, 3.8) is 0 Å².